The highest BCUT2D eigenvalue weighted by atomic mass is 127. The summed E-state index contributed by atoms with van der Waals surface area (Å²) in [5.41, 5.74) is 6.10. The number of para-hydroxylation sites is 1. The van der Waals surface area contributed by atoms with Crippen molar-refractivity contribution >= 4 is 41.5 Å². The number of carbonyl (C=O) groups excluding carboxylic acids is 1. The monoisotopic (exact) mass is 390 g/mol. The molecule has 4 N–H and O–H groups in total. The number of benzene rings is 1. The van der Waals surface area contributed by atoms with Gasteiger partial charge in [0, 0.05) is 12.2 Å². The van der Waals surface area contributed by atoms with Crippen LogP contribution in [0.3, 0.4) is 0 Å². The quantitative estimate of drug-likeness (QED) is 0.410. The van der Waals surface area contributed by atoms with E-state index in [1.807, 2.05) is 51.1 Å². The Labute approximate surface area is 137 Å². The van der Waals surface area contributed by atoms with E-state index in [0.29, 0.717) is 19.0 Å². The number of nitrogens with one attached hydrogen (secondary N) is 2. The molecule has 112 valence electrons. The van der Waals surface area contributed by atoms with Crippen molar-refractivity contribution in [2.24, 2.45) is 16.1 Å². The molecule has 5 nitrogen and oxygen atoms in total. The Kier molecular flexibility index (Phi) is 8.21. The predicted octanol–water partition coefficient (Wildman–Crippen LogP) is 2.19. The summed E-state index contributed by atoms with van der Waals surface area (Å²) < 4.78 is 0. The van der Waals surface area contributed by atoms with Crippen LogP contribution in [-0.2, 0) is 4.79 Å². The maximum Gasteiger partial charge on any atom is 0.227 e. The van der Waals surface area contributed by atoms with Crippen LogP contribution in [0.15, 0.2) is 35.3 Å². The Hall–Kier alpha value is -1.31. The second-order valence-electron chi connectivity index (χ2n) is 4.94. The van der Waals surface area contributed by atoms with Crippen LogP contribution in [0.25, 0.3) is 0 Å². The van der Waals surface area contributed by atoms with E-state index in [1.165, 1.54) is 0 Å². The Morgan fingerprint density at radius 2 is 1.90 bits per heavy atom. The van der Waals surface area contributed by atoms with Gasteiger partial charge in [-0.15, -0.1) is 24.0 Å². The number of halogens is 1. The van der Waals surface area contributed by atoms with Gasteiger partial charge in [-0.2, -0.15) is 0 Å². The molecule has 1 aromatic carbocycles. The number of rotatable bonds is 5. The first-order chi connectivity index (χ1) is 8.95. The van der Waals surface area contributed by atoms with E-state index in [9.17, 15) is 4.79 Å². The fourth-order valence-corrected chi connectivity index (χ4v) is 1.46. The minimum Gasteiger partial charge on any atom is -0.370 e. The number of carbonyl (C=O) groups is 1. The number of aliphatic imine (C=N–C) groups is 1. The number of guanidine groups is 1. The van der Waals surface area contributed by atoms with Gasteiger partial charge in [0.15, 0.2) is 5.96 Å². The van der Waals surface area contributed by atoms with Crippen molar-refractivity contribution in [1.82, 2.24) is 5.32 Å². The van der Waals surface area contributed by atoms with Crippen molar-refractivity contribution in [3.05, 3.63) is 30.3 Å². The van der Waals surface area contributed by atoms with Gasteiger partial charge in [0.1, 0.15) is 0 Å². The molecule has 1 rings (SSSR count). The molecule has 0 fully saturated rings. The topological polar surface area (TPSA) is 79.5 Å². The summed E-state index contributed by atoms with van der Waals surface area (Å²) in [6.07, 6.45) is 0. The smallest absolute Gasteiger partial charge is 0.227 e. The third kappa shape index (κ3) is 6.23. The highest BCUT2D eigenvalue weighted by molar-refractivity contribution is 14.0. The van der Waals surface area contributed by atoms with Crippen molar-refractivity contribution < 1.29 is 4.79 Å². The van der Waals surface area contributed by atoms with E-state index in [2.05, 4.69) is 15.6 Å². The molecule has 0 atom stereocenters. The molecular weight excluding hydrogens is 367 g/mol. The maximum absolute atomic E-state index is 11.8. The summed E-state index contributed by atoms with van der Waals surface area (Å²) in [5.74, 6) is 0.287. The second kappa shape index (κ2) is 8.78. The highest BCUT2D eigenvalue weighted by Gasteiger charge is 2.26. The van der Waals surface area contributed by atoms with Crippen LogP contribution >= 0.6 is 24.0 Å². The van der Waals surface area contributed by atoms with Crippen molar-refractivity contribution in [3.8, 4) is 0 Å². The van der Waals surface area contributed by atoms with Gasteiger partial charge < -0.3 is 16.4 Å². The van der Waals surface area contributed by atoms with Crippen molar-refractivity contribution in [1.29, 1.82) is 0 Å². The van der Waals surface area contributed by atoms with Crippen LogP contribution < -0.4 is 16.4 Å². The summed E-state index contributed by atoms with van der Waals surface area (Å²) in [6, 6.07) is 9.55. The number of nitrogens with zero attached hydrogens (tertiary/aromatic N) is 1. The van der Waals surface area contributed by atoms with Crippen LogP contribution in [0.5, 0.6) is 0 Å². The molecule has 0 saturated heterocycles. The Morgan fingerprint density at radius 1 is 1.30 bits per heavy atom. The van der Waals surface area contributed by atoms with Crippen LogP contribution in [0.4, 0.5) is 5.69 Å². The van der Waals surface area contributed by atoms with E-state index in [1.54, 1.807) is 0 Å². The number of hydrogen-bond donors (Lipinski definition) is 3. The molecule has 0 unspecified atom stereocenters. The van der Waals surface area contributed by atoms with Gasteiger partial charge in [-0.3, -0.25) is 9.79 Å². The van der Waals surface area contributed by atoms with E-state index >= 15 is 0 Å². The maximum atomic E-state index is 11.8. The van der Waals surface area contributed by atoms with Gasteiger partial charge in [-0.25, -0.2) is 0 Å². The fraction of sp³-hybridized carbons (Fsp3) is 0.429. The zero-order valence-electron chi connectivity index (χ0n) is 12.1. The van der Waals surface area contributed by atoms with Crippen LogP contribution in [-0.4, -0.2) is 25.0 Å². The first-order valence-corrected chi connectivity index (χ1v) is 6.36. The third-order valence-corrected chi connectivity index (χ3v) is 2.64. The van der Waals surface area contributed by atoms with Crippen LogP contribution in [0.1, 0.15) is 20.8 Å². The first-order valence-electron chi connectivity index (χ1n) is 6.36. The van der Waals surface area contributed by atoms with Gasteiger partial charge in [0.05, 0.1) is 12.0 Å². The summed E-state index contributed by atoms with van der Waals surface area (Å²) in [6.45, 7) is 6.53. The molecule has 0 aliphatic rings. The zero-order chi connectivity index (χ0) is 14.3. The summed E-state index contributed by atoms with van der Waals surface area (Å²) in [4.78, 5) is 16.0. The molecule has 6 heteroatoms. The molecule has 0 aliphatic carbocycles. The minimum atomic E-state index is -0.570. The lowest BCUT2D eigenvalue weighted by Crippen LogP contribution is -2.39. The summed E-state index contributed by atoms with van der Waals surface area (Å²) in [7, 11) is 0. The first kappa shape index (κ1) is 18.7. The Bertz CT molecular complexity index is 446. The standard InChI is InChI=1S/C14H22N4O.HI/c1-4-16-12(19)14(2,3)10-17-13(15)18-11-8-6-5-7-9-11;/h5-9H,4,10H2,1-3H3,(H,16,19)(H3,15,17,18);1H. The van der Waals surface area contributed by atoms with Crippen LogP contribution in [0.2, 0.25) is 0 Å². The summed E-state index contributed by atoms with van der Waals surface area (Å²) >= 11 is 0. The fourth-order valence-electron chi connectivity index (χ4n) is 1.46. The van der Waals surface area contributed by atoms with Gasteiger partial charge in [-0.05, 0) is 32.9 Å². The van der Waals surface area contributed by atoms with Crippen molar-refractivity contribution in [2.45, 2.75) is 20.8 Å². The van der Waals surface area contributed by atoms with Crippen molar-refractivity contribution in [3.63, 3.8) is 0 Å². The molecule has 1 amide bonds. The average molecular weight is 390 g/mol. The van der Waals surface area contributed by atoms with Gasteiger partial charge in [-0.1, -0.05) is 18.2 Å². The Morgan fingerprint density at radius 3 is 2.45 bits per heavy atom. The average Bonchev–Trinajstić information content (AvgIpc) is 2.38. The second-order valence-corrected chi connectivity index (χ2v) is 4.94. The molecule has 0 bridgehead atoms. The lowest BCUT2D eigenvalue weighted by atomic mass is 9.92. The molecular formula is C14H23IN4O. The van der Waals surface area contributed by atoms with Gasteiger partial charge in [0.2, 0.25) is 5.91 Å². The largest absolute Gasteiger partial charge is 0.370 e. The molecule has 0 spiro atoms. The van der Waals surface area contributed by atoms with Crippen LogP contribution in [0, 0.1) is 5.41 Å². The minimum absolute atomic E-state index is 0. The summed E-state index contributed by atoms with van der Waals surface area (Å²) in [5, 5.41) is 5.77. The molecule has 20 heavy (non-hydrogen) atoms. The third-order valence-electron chi connectivity index (χ3n) is 2.64. The molecule has 1 aromatic rings. The molecule has 0 radical (unpaired) electrons. The highest BCUT2D eigenvalue weighted by Crippen LogP contribution is 2.15. The number of hydrogen-bond acceptors (Lipinski definition) is 2. The SMILES string of the molecule is CCNC(=O)C(C)(C)CN=C(N)Nc1ccccc1.I. The van der Waals surface area contributed by atoms with Gasteiger partial charge >= 0.3 is 0 Å². The van der Waals surface area contributed by atoms with E-state index < -0.39 is 5.41 Å². The number of nitrogens with two attached hydrogens (primary N) is 1. The molecule has 0 heterocycles. The molecule has 0 aromatic heterocycles. The normalized spacial score (nSPS) is 11.4. The van der Waals surface area contributed by atoms with Gasteiger partial charge in [0.25, 0.3) is 0 Å². The lowest BCUT2D eigenvalue weighted by molar-refractivity contribution is -0.128. The molecule has 0 saturated carbocycles. The predicted molar refractivity (Wildman–Crippen MR) is 94.4 cm³/mol. The lowest BCUT2D eigenvalue weighted by Gasteiger charge is -2.21. The van der Waals surface area contributed by atoms with E-state index in [-0.39, 0.29) is 29.9 Å². The van der Waals surface area contributed by atoms with E-state index in [0.717, 1.165) is 5.69 Å². The Balaban J connectivity index is 0.00000361. The van der Waals surface area contributed by atoms with Crippen molar-refractivity contribution in [2.75, 3.05) is 18.4 Å². The molecule has 0 aliphatic heterocycles. The number of anilines is 1. The number of amides is 1. The zero-order valence-corrected chi connectivity index (χ0v) is 14.5. The van der Waals surface area contributed by atoms with E-state index in [4.69, 9.17) is 5.73 Å².